The normalized spacial score (nSPS) is 17.3. The molecule has 1 aromatic carbocycles. The largest absolute Gasteiger partial charge is 0.444 e. The summed E-state index contributed by atoms with van der Waals surface area (Å²) >= 11 is 0. The Morgan fingerprint density at radius 3 is 2.61 bits per heavy atom. The number of imidazole rings is 1. The second kappa shape index (κ2) is 8.41. The number of fused-ring (bicyclic) bond motifs is 1. The second-order valence-corrected chi connectivity index (χ2v) is 8.69. The Morgan fingerprint density at radius 2 is 1.97 bits per heavy atom. The van der Waals surface area contributed by atoms with Gasteiger partial charge in [0.2, 0.25) is 11.8 Å². The molecule has 0 saturated carbocycles. The van der Waals surface area contributed by atoms with Crippen molar-refractivity contribution in [3.8, 4) is 0 Å². The summed E-state index contributed by atoms with van der Waals surface area (Å²) < 4.78 is 8.26. The van der Waals surface area contributed by atoms with Crippen LogP contribution in [0, 0.1) is 0 Å². The first-order valence-electron chi connectivity index (χ1n) is 10.1. The maximum atomic E-state index is 12.8. The Morgan fingerprint density at radius 1 is 1.26 bits per heavy atom. The first kappa shape index (κ1) is 22.3. The number of rotatable bonds is 4. The zero-order chi connectivity index (χ0) is 22.9. The average Bonchev–Trinajstić information content (AvgIpc) is 2.91. The van der Waals surface area contributed by atoms with Crippen molar-refractivity contribution in [3.05, 3.63) is 40.3 Å². The number of benzene rings is 1. The number of amides is 3. The summed E-state index contributed by atoms with van der Waals surface area (Å²) in [6.45, 7) is 5.81. The van der Waals surface area contributed by atoms with E-state index in [1.807, 2.05) is 45.1 Å². The van der Waals surface area contributed by atoms with Gasteiger partial charge in [0, 0.05) is 27.1 Å². The minimum atomic E-state index is -0.710. The van der Waals surface area contributed by atoms with Crippen LogP contribution in [-0.2, 0) is 21.4 Å². The van der Waals surface area contributed by atoms with Crippen LogP contribution in [0.1, 0.15) is 45.2 Å². The summed E-state index contributed by atoms with van der Waals surface area (Å²) in [5.41, 5.74) is 1.29. The molecule has 9 nitrogen and oxygen atoms in total. The number of likely N-dealkylation sites (N-methyl/N-ethyl adjacent to an activating group) is 1. The van der Waals surface area contributed by atoms with E-state index in [0.29, 0.717) is 24.0 Å². The molecular formula is C22H28N4O5. The van der Waals surface area contributed by atoms with E-state index in [4.69, 9.17) is 4.74 Å². The molecule has 1 atom stereocenters. The van der Waals surface area contributed by atoms with E-state index in [1.54, 1.807) is 20.2 Å². The molecule has 2 aromatic rings. The number of aryl methyl sites for hydroxylation is 1. The highest BCUT2D eigenvalue weighted by atomic mass is 16.6. The lowest BCUT2D eigenvalue weighted by Gasteiger charge is -2.23. The molecule has 0 radical (unpaired) electrons. The number of carbonyl (C=O) groups excluding carboxylic acids is 3. The molecule has 9 heteroatoms. The summed E-state index contributed by atoms with van der Waals surface area (Å²) in [6, 6.07) is 4.77. The summed E-state index contributed by atoms with van der Waals surface area (Å²) in [7, 11) is 3.31. The molecule has 166 valence electrons. The van der Waals surface area contributed by atoms with E-state index in [9.17, 15) is 19.2 Å². The SMILES string of the molecule is CN(C/C=C/c1ccc2c(c1)n(C)c(=O)n2C1CCC(=O)NC1=O)C(=O)OC(C)(C)C. The lowest BCUT2D eigenvalue weighted by Crippen LogP contribution is -2.44. The highest BCUT2D eigenvalue weighted by Gasteiger charge is 2.31. The summed E-state index contributed by atoms with van der Waals surface area (Å²) in [5, 5.41) is 2.30. The molecule has 0 spiro atoms. The first-order valence-corrected chi connectivity index (χ1v) is 10.1. The van der Waals surface area contributed by atoms with Gasteiger partial charge in [-0.3, -0.25) is 24.0 Å². The van der Waals surface area contributed by atoms with Crippen LogP contribution in [0.15, 0.2) is 29.1 Å². The number of ether oxygens (including phenoxy) is 1. The predicted octanol–water partition coefficient (Wildman–Crippen LogP) is 2.20. The number of aromatic nitrogens is 2. The van der Waals surface area contributed by atoms with Crippen LogP contribution < -0.4 is 11.0 Å². The van der Waals surface area contributed by atoms with Gasteiger partial charge >= 0.3 is 11.8 Å². The third kappa shape index (κ3) is 4.87. The molecule has 1 aromatic heterocycles. The van der Waals surface area contributed by atoms with Crippen molar-refractivity contribution in [1.29, 1.82) is 0 Å². The van der Waals surface area contributed by atoms with Crippen LogP contribution in [0.2, 0.25) is 0 Å². The fraction of sp³-hybridized carbons (Fsp3) is 0.455. The van der Waals surface area contributed by atoms with Gasteiger partial charge in [-0.1, -0.05) is 18.2 Å². The predicted molar refractivity (Wildman–Crippen MR) is 116 cm³/mol. The lowest BCUT2D eigenvalue weighted by atomic mass is 10.1. The van der Waals surface area contributed by atoms with Crippen molar-refractivity contribution in [1.82, 2.24) is 19.4 Å². The molecule has 1 N–H and O–H groups in total. The monoisotopic (exact) mass is 428 g/mol. The molecule has 1 saturated heterocycles. The van der Waals surface area contributed by atoms with Gasteiger partial charge in [-0.2, -0.15) is 0 Å². The van der Waals surface area contributed by atoms with Crippen LogP contribution in [0.3, 0.4) is 0 Å². The van der Waals surface area contributed by atoms with Crippen molar-refractivity contribution < 1.29 is 19.1 Å². The number of hydrogen-bond acceptors (Lipinski definition) is 5. The fourth-order valence-corrected chi connectivity index (χ4v) is 3.48. The molecule has 3 amide bonds. The van der Waals surface area contributed by atoms with E-state index >= 15 is 0 Å². The molecule has 2 heterocycles. The Balaban J connectivity index is 1.81. The molecule has 31 heavy (non-hydrogen) atoms. The molecule has 1 aliphatic rings. The maximum Gasteiger partial charge on any atom is 0.410 e. The van der Waals surface area contributed by atoms with Crippen LogP contribution in [0.4, 0.5) is 4.79 Å². The van der Waals surface area contributed by atoms with Gasteiger partial charge in [0.05, 0.1) is 11.0 Å². The van der Waals surface area contributed by atoms with Crippen LogP contribution in [0.5, 0.6) is 0 Å². The Bertz CT molecular complexity index is 1120. The van der Waals surface area contributed by atoms with Crippen molar-refractivity contribution in [3.63, 3.8) is 0 Å². The van der Waals surface area contributed by atoms with E-state index in [0.717, 1.165) is 5.56 Å². The maximum absolute atomic E-state index is 12.8. The van der Waals surface area contributed by atoms with Gasteiger partial charge in [0.15, 0.2) is 0 Å². The highest BCUT2D eigenvalue weighted by molar-refractivity contribution is 6.00. The number of nitrogens with one attached hydrogen (secondary N) is 1. The van der Waals surface area contributed by atoms with Crippen molar-refractivity contribution >= 4 is 35.0 Å². The molecular weight excluding hydrogens is 400 g/mol. The third-order valence-corrected chi connectivity index (χ3v) is 5.03. The number of carbonyl (C=O) groups is 3. The average molecular weight is 428 g/mol. The number of nitrogens with zero attached hydrogens (tertiary/aromatic N) is 3. The number of imide groups is 1. The van der Waals surface area contributed by atoms with Crippen molar-refractivity contribution in [2.24, 2.45) is 7.05 Å². The Labute approximate surface area is 180 Å². The summed E-state index contributed by atoms with van der Waals surface area (Å²) in [4.78, 5) is 50.0. The highest BCUT2D eigenvalue weighted by Crippen LogP contribution is 2.24. The van der Waals surface area contributed by atoms with Crippen LogP contribution in [-0.4, -0.2) is 51.1 Å². The van der Waals surface area contributed by atoms with Crippen LogP contribution >= 0.6 is 0 Å². The molecule has 3 rings (SSSR count). The first-order chi connectivity index (χ1) is 14.5. The number of piperidine rings is 1. The van der Waals surface area contributed by atoms with E-state index in [-0.39, 0.29) is 18.0 Å². The molecule has 0 aliphatic carbocycles. The molecule has 1 aliphatic heterocycles. The zero-order valence-corrected chi connectivity index (χ0v) is 18.5. The Hall–Kier alpha value is -3.36. The van der Waals surface area contributed by atoms with E-state index in [2.05, 4.69) is 5.32 Å². The van der Waals surface area contributed by atoms with Crippen LogP contribution in [0.25, 0.3) is 17.1 Å². The van der Waals surface area contributed by atoms with Gasteiger partial charge in [0.25, 0.3) is 0 Å². The second-order valence-electron chi connectivity index (χ2n) is 8.69. The lowest BCUT2D eigenvalue weighted by molar-refractivity contribution is -0.135. The van der Waals surface area contributed by atoms with Crippen molar-refractivity contribution in [2.75, 3.05) is 13.6 Å². The minimum absolute atomic E-state index is 0.200. The van der Waals surface area contributed by atoms with E-state index in [1.165, 1.54) is 14.0 Å². The van der Waals surface area contributed by atoms with Gasteiger partial charge in [-0.25, -0.2) is 9.59 Å². The van der Waals surface area contributed by atoms with Gasteiger partial charge in [-0.15, -0.1) is 0 Å². The standard InChI is InChI=1S/C22H28N4O5/c1-22(2,3)31-21(30)24(4)12-6-7-14-8-9-15-17(13-14)25(5)20(29)26(15)16-10-11-18(27)23-19(16)28/h6-9,13,16H,10-12H2,1-5H3,(H,23,27,28)/b7-6+. The van der Waals surface area contributed by atoms with Gasteiger partial charge < -0.3 is 9.64 Å². The van der Waals surface area contributed by atoms with Gasteiger partial charge in [-0.05, 0) is 44.9 Å². The third-order valence-electron chi connectivity index (χ3n) is 5.03. The quantitative estimate of drug-likeness (QED) is 0.752. The molecule has 1 fully saturated rings. The zero-order valence-electron chi connectivity index (χ0n) is 18.5. The summed E-state index contributed by atoms with van der Waals surface area (Å²) in [5.74, 6) is -0.779. The fourth-order valence-electron chi connectivity index (χ4n) is 3.48. The Kier molecular flexibility index (Phi) is 6.06. The van der Waals surface area contributed by atoms with Gasteiger partial charge in [0.1, 0.15) is 11.6 Å². The summed E-state index contributed by atoms with van der Waals surface area (Å²) in [6.07, 6.45) is 3.78. The van der Waals surface area contributed by atoms with E-state index < -0.39 is 23.6 Å². The topological polar surface area (TPSA) is 103 Å². The smallest absolute Gasteiger partial charge is 0.410 e. The molecule has 1 unspecified atom stereocenters. The number of hydrogen-bond donors (Lipinski definition) is 1. The minimum Gasteiger partial charge on any atom is -0.444 e. The molecule has 0 bridgehead atoms. The van der Waals surface area contributed by atoms with Crippen molar-refractivity contribution in [2.45, 2.75) is 45.3 Å².